The second-order valence-electron chi connectivity index (χ2n) is 6.39. The SMILES string of the molecule is CN1CCCCC(CNC2CC2)C1c1ccccc1Cl. The Labute approximate surface area is 127 Å². The molecule has 20 heavy (non-hydrogen) atoms. The first-order valence-corrected chi connectivity index (χ1v) is 8.31. The van der Waals surface area contributed by atoms with Gasteiger partial charge in [-0.15, -0.1) is 0 Å². The first kappa shape index (κ1) is 14.4. The second kappa shape index (κ2) is 6.46. The van der Waals surface area contributed by atoms with Crippen molar-refractivity contribution in [2.45, 2.75) is 44.2 Å². The minimum Gasteiger partial charge on any atom is -0.314 e. The molecule has 0 spiro atoms. The van der Waals surface area contributed by atoms with E-state index in [2.05, 4.69) is 29.4 Å². The lowest BCUT2D eigenvalue weighted by Gasteiger charge is -2.33. The van der Waals surface area contributed by atoms with Crippen LogP contribution in [0.15, 0.2) is 24.3 Å². The Balaban J connectivity index is 1.81. The van der Waals surface area contributed by atoms with E-state index in [4.69, 9.17) is 11.6 Å². The van der Waals surface area contributed by atoms with Crippen molar-refractivity contribution in [1.29, 1.82) is 0 Å². The van der Waals surface area contributed by atoms with Crippen LogP contribution in [0.5, 0.6) is 0 Å². The fourth-order valence-electron chi connectivity index (χ4n) is 3.45. The first-order chi connectivity index (χ1) is 9.75. The van der Waals surface area contributed by atoms with Gasteiger partial charge < -0.3 is 5.32 Å². The van der Waals surface area contributed by atoms with Gasteiger partial charge in [0, 0.05) is 23.7 Å². The molecule has 3 heteroatoms. The van der Waals surface area contributed by atoms with Crippen molar-refractivity contribution in [3.63, 3.8) is 0 Å². The van der Waals surface area contributed by atoms with Gasteiger partial charge in [-0.1, -0.05) is 36.2 Å². The molecule has 0 aromatic heterocycles. The zero-order valence-electron chi connectivity index (χ0n) is 12.3. The van der Waals surface area contributed by atoms with Gasteiger partial charge in [0.25, 0.3) is 0 Å². The molecule has 1 aromatic rings. The molecule has 3 rings (SSSR count). The van der Waals surface area contributed by atoms with Crippen LogP contribution in [0, 0.1) is 5.92 Å². The molecule has 1 aromatic carbocycles. The van der Waals surface area contributed by atoms with Crippen molar-refractivity contribution in [3.8, 4) is 0 Å². The highest BCUT2D eigenvalue weighted by Gasteiger charge is 2.31. The number of nitrogens with one attached hydrogen (secondary N) is 1. The highest BCUT2D eigenvalue weighted by molar-refractivity contribution is 6.31. The predicted octanol–water partition coefficient (Wildman–Crippen LogP) is 3.87. The maximum Gasteiger partial charge on any atom is 0.0453 e. The third-order valence-electron chi connectivity index (χ3n) is 4.73. The molecule has 2 unspecified atom stereocenters. The molecule has 2 atom stereocenters. The highest BCUT2D eigenvalue weighted by atomic mass is 35.5. The van der Waals surface area contributed by atoms with Crippen molar-refractivity contribution in [2.75, 3.05) is 20.1 Å². The lowest BCUT2D eigenvalue weighted by Crippen LogP contribution is -2.35. The van der Waals surface area contributed by atoms with E-state index >= 15 is 0 Å². The number of likely N-dealkylation sites (tertiary alicyclic amines) is 1. The van der Waals surface area contributed by atoms with Crippen molar-refractivity contribution in [2.24, 2.45) is 5.92 Å². The number of hydrogen-bond donors (Lipinski definition) is 1. The summed E-state index contributed by atoms with van der Waals surface area (Å²) in [6, 6.07) is 9.62. The summed E-state index contributed by atoms with van der Waals surface area (Å²) in [6.07, 6.45) is 6.66. The number of halogens is 1. The van der Waals surface area contributed by atoms with E-state index in [1.807, 2.05) is 12.1 Å². The molecule has 1 saturated heterocycles. The molecular formula is C17H25ClN2. The van der Waals surface area contributed by atoms with Crippen LogP contribution in [0.25, 0.3) is 0 Å². The fraction of sp³-hybridized carbons (Fsp3) is 0.647. The van der Waals surface area contributed by atoms with Crippen LogP contribution in [0.3, 0.4) is 0 Å². The molecule has 1 aliphatic carbocycles. The molecule has 1 saturated carbocycles. The standard InChI is InChI=1S/C17H25ClN2/c1-20-11-5-4-6-13(12-19-14-9-10-14)17(20)15-7-2-3-8-16(15)18/h2-3,7-8,13-14,17,19H,4-6,9-12H2,1H3. The van der Waals surface area contributed by atoms with Gasteiger partial charge in [0.1, 0.15) is 0 Å². The summed E-state index contributed by atoms with van der Waals surface area (Å²) in [5, 5.41) is 4.64. The Morgan fingerprint density at radius 3 is 2.75 bits per heavy atom. The van der Waals surface area contributed by atoms with Crippen LogP contribution in [-0.2, 0) is 0 Å². The third kappa shape index (κ3) is 3.36. The van der Waals surface area contributed by atoms with Crippen LogP contribution in [0.2, 0.25) is 5.02 Å². The minimum atomic E-state index is 0.456. The monoisotopic (exact) mass is 292 g/mol. The zero-order chi connectivity index (χ0) is 13.9. The average molecular weight is 293 g/mol. The Morgan fingerprint density at radius 1 is 1.20 bits per heavy atom. The molecule has 1 aliphatic heterocycles. The molecular weight excluding hydrogens is 268 g/mol. The summed E-state index contributed by atoms with van der Waals surface area (Å²) < 4.78 is 0. The van der Waals surface area contributed by atoms with Crippen molar-refractivity contribution >= 4 is 11.6 Å². The van der Waals surface area contributed by atoms with E-state index < -0.39 is 0 Å². The Bertz CT molecular complexity index is 444. The summed E-state index contributed by atoms with van der Waals surface area (Å²) >= 11 is 6.47. The summed E-state index contributed by atoms with van der Waals surface area (Å²) in [5.41, 5.74) is 1.31. The Kier molecular flexibility index (Phi) is 4.65. The second-order valence-corrected chi connectivity index (χ2v) is 6.79. The smallest absolute Gasteiger partial charge is 0.0453 e. The molecule has 0 bridgehead atoms. The summed E-state index contributed by atoms with van der Waals surface area (Å²) in [4.78, 5) is 2.51. The van der Waals surface area contributed by atoms with Gasteiger partial charge in [0.05, 0.1) is 0 Å². The molecule has 1 N–H and O–H groups in total. The maximum absolute atomic E-state index is 6.47. The Morgan fingerprint density at radius 2 is 2.00 bits per heavy atom. The van der Waals surface area contributed by atoms with Crippen LogP contribution in [-0.4, -0.2) is 31.1 Å². The summed E-state index contributed by atoms with van der Waals surface area (Å²) in [5.74, 6) is 0.669. The fourth-order valence-corrected chi connectivity index (χ4v) is 3.70. The molecule has 2 fully saturated rings. The lowest BCUT2D eigenvalue weighted by atomic mass is 9.89. The maximum atomic E-state index is 6.47. The lowest BCUT2D eigenvalue weighted by molar-refractivity contribution is 0.189. The van der Waals surface area contributed by atoms with E-state index in [0.717, 1.165) is 17.6 Å². The van der Waals surface area contributed by atoms with Gasteiger partial charge in [0.15, 0.2) is 0 Å². The normalized spacial score (nSPS) is 28.3. The molecule has 2 aliphatic rings. The molecule has 0 radical (unpaired) electrons. The van der Waals surface area contributed by atoms with Gasteiger partial charge in [0.2, 0.25) is 0 Å². The van der Waals surface area contributed by atoms with Crippen LogP contribution < -0.4 is 5.32 Å². The van der Waals surface area contributed by atoms with Crippen molar-refractivity contribution in [1.82, 2.24) is 10.2 Å². The number of rotatable bonds is 4. The van der Waals surface area contributed by atoms with E-state index in [9.17, 15) is 0 Å². The molecule has 110 valence electrons. The molecule has 0 amide bonds. The minimum absolute atomic E-state index is 0.456. The Hall–Kier alpha value is -0.570. The third-order valence-corrected chi connectivity index (χ3v) is 5.07. The molecule has 1 heterocycles. The summed E-state index contributed by atoms with van der Waals surface area (Å²) in [7, 11) is 2.25. The largest absolute Gasteiger partial charge is 0.314 e. The molecule has 2 nitrogen and oxygen atoms in total. The van der Waals surface area contributed by atoms with E-state index in [-0.39, 0.29) is 0 Å². The summed E-state index contributed by atoms with van der Waals surface area (Å²) in [6.45, 7) is 2.31. The van der Waals surface area contributed by atoms with Gasteiger partial charge in [-0.25, -0.2) is 0 Å². The van der Waals surface area contributed by atoms with Gasteiger partial charge in [-0.3, -0.25) is 4.90 Å². The quantitative estimate of drug-likeness (QED) is 0.906. The average Bonchev–Trinajstić information content (AvgIpc) is 3.26. The van der Waals surface area contributed by atoms with Gasteiger partial charge >= 0.3 is 0 Å². The number of nitrogens with zero attached hydrogens (tertiary/aromatic N) is 1. The van der Waals surface area contributed by atoms with Crippen LogP contribution in [0.4, 0.5) is 0 Å². The van der Waals surface area contributed by atoms with Gasteiger partial charge in [-0.05, 0) is 56.8 Å². The predicted molar refractivity (Wildman–Crippen MR) is 85.2 cm³/mol. The zero-order valence-corrected chi connectivity index (χ0v) is 13.1. The number of hydrogen-bond acceptors (Lipinski definition) is 2. The first-order valence-electron chi connectivity index (χ1n) is 7.94. The van der Waals surface area contributed by atoms with Crippen LogP contribution >= 0.6 is 11.6 Å². The number of benzene rings is 1. The van der Waals surface area contributed by atoms with Crippen molar-refractivity contribution in [3.05, 3.63) is 34.9 Å². The van der Waals surface area contributed by atoms with E-state index in [1.165, 1.54) is 44.2 Å². The topological polar surface area (TPSA) is 15.3 Å². The van der Waals surface area contributed by atoms with E-state index in [1.54, 1.807) is 0 Å². The van der Waals surface area contributed by atoms with Crippen LogP contribution in [0.1, 0.15) is 43.7 Å². The van der Waals surface area contributed by atoms with Crippen molar-refractivity contribution < 1.29 is 0 Å². The van der Waals surface area contributed by atoms with Gasteiger partial charge in [-0.2, -0.15) is 0 Å². The highest BCUT2D eigenvalue weighted by Crippen LogP contribution is 2.37. The van der Waals surface area contributed by atoms with E-state index in [0.29, 0.717) is 12.0 Å².